The van der Waals surface area contributed by atoms with Gasteiger partial charge < -0.3 is 0 Å². The third-order valence-electron chi connectivity index (χ3n) is 1.64. The number of rotatable bonds is 4. The minimum atomic E-state index is -6.59. The number of carbonyl (C=O) groups is 1. The largest absolute Gasteiger partial charge is 0.483 e. The van der Waals surface area contributed by atoms with Crippen LogP contribution in [0.25, 0.3) is 0 Å². The lowest BCUT2D eigenvalue weighted by Gasteiger charge is -2.30. The maximum atomic E-state index is 13.0. The Labute approximate surface area is 93.7 Å². The van der Waals surface area contributed by atoms with Crippen LogP contribution in [0, 0.1) is 0 Å². The summed E-state index contributed by atoms with van der Waals surface area (Å²) in [6.45, 7) is 0.636. The highest BCUT2D eigenvalue weighted by atomic mass is 19.4. The van der Waals surface area contributed by atoms with Gasteiger partial charge in [-0.25, -0.2) is 0 Å². The van der Waals surface area contributed by atoms with E-state index in [9.17, 15) is 44.3 Å². The fourth-order valence-electron chi connectivity index (χ4n) is 0.735. The number of Topliss-reactive ketones (excluding diaryl/α,β-unsaturated/α-hetero) is 1. The number of carbonyl (C=O) groups excluding carboxylic acids is 1. The quantitative estimate of drug-likeness (QED) is 0.743. The first-order chi connectivity index (χ1) is 7.69. The van der Waals surface area contributed by atoms with Crippen LogP contribution in [-0.2, 0) is 9.53 Å². The summed E-state index contributed by atoms with van der Waals surface area (Å²) in [6, 6.07) is 0. The maximum absolute atomic E-state index is 13.0. The van der Waals surface area contributed by atoms with Gasteiger partial charge in [0.05, 0.1) is 0 Å². The molecule has 18 heavy (non-hydrogen) atoms. The molecule has 0 bridgehead atoms. The smallest absolute Gasteiger partial charge is 0.293 e. The normalized spacial score (nSPS) is 17.4. The van der Waals surface area contributed by atoms with Crippen molar-refractivity contribution in [2.24, 2.45) is 0 Å². The van der Waals surface area contributed by atoms with Crippen LogP contribution in [0.3, 0.4) is 0 Å². The van der Waals surface area contributed by atoms with Crippen LogP contribution >= 0.6 is 0 Å². The minimum absolute atomic E-state index is 0.636. The second kappa shape index (κ2) is 4.59. The minimum Gasteiger partial charge on any atom is -0.293 e. The van der Waals surface area contributed by atoms with Crippen molar-refractivity contribution in [3.8, 4) is 0 Å². The van der Waals surface area contributed by atoms with Crippen LogP contribution < -0.4 is 0 Å². The summed E-state index contributed by atoms with van der Waals surface area (Å²) in [7, 11) is 0. The zero-order valence-corrected chi connectivity index (χ0v) is 8.43. The lowest BCUT2D eigenvalue weighted by atomic mass is 10.1. The first-order valence-corrected chi connectivity index (χ1v) is 4.12. The number of halogens is 9. The van der Waals surface area contributed by atoms with Crippen molar-refractivity contribution in [2.45, 2.75) is 37.7 Å². The van der Waals surface area contributed by atoms with E-state index in [0.717, 1.165) is 0 Å². The van der Waals surface area contributed by atoms with Crippen molar-refractivity contribution in [1.82, 2.24) is 0 Å². The van der Waals surface area contributed by atoms with Crippen molar-refractivity contribution in [3.05, 3.63) is 0 Å². The molecule has 2 nitrogen and oxygen atoms in total. The molecule has 0 aromatic rings. The van der Waals surface area contributed by atoms with Gasteiger partial charge in [-0.2, -0.15) is 39.5 Å². The molecule has 0 spiro atoms. The van der Waals surface area contributed by atoms with Gasteiger partial charge in [-0.15, -0.1) is 0 Å². The molecule has 0 aliphatic rings. The van der Waals surface area contributed by atoms with Crippen molar-refractivity contribution in [3.63, 3.8) is 0 Å². The van der Waals surface area contributed by atoms with Crippen LogP contribution in [0.2, 0.25) is 0 Å². The van der Waals surface area contributed by atoms with E-state index < -0.39 is 36.5 Å². The standard InChI is InChI=1S/C7H5F9O2/c1-2-3(17)4(8,5(9,10)11)18-7(15,16)6(12,13)14/h2H2,1H3. The topological polar surface area (TPSA) is 26.3 Å². The van der Waals surface area contributed by atoms with Gasteiger partial charge in [0.25, 0.3) is 0 Å². The van der Waals surface area contributed by atoms with Crippen LogP contribution in [0.4, 0.5) is 39.5 Å². The van der Waals surface area contributed by atoms with Crippen molar-refractivity contribution in [1.29, 1.82) is 0 Å². The van der Waals surface area contributed by atoms with E-state index in [4.69, 9.17) is 0 Å². The van der Waals surface area contributed by atoms with Crippen LogP contribution in [0.15, 0.2) is 0 Å². The fraction of sp³-hybridized carbons (Fsp3) is 0.857. The molecule has 0 aromatic heterocycles. The molecule has 0 rings (SSSR count). The van der Waals surface area contributed by atoms with Gasteiger partial charge in [0.2, 0.25) is 5.78 Å². The molecule has 0 radical (unpaired) electrons. The van der Waals surface area contributed by atoms with Gasteiger partial charge in [0.1, 0.15) is 0 Å². The van der Waals surface area contributed by atoms with E-state index in [0.29, 0.717) is 6.92 Å². The number of alkyl halides is 9. The molecule has 108 valence electrons. The Morgan fingerprint density at radius 2 is 1.28 bits per heavy atom. The highest BCUT2D eigenvalue weighted by Crippen LogP contribution is 2.45. The first-order valence-electron chi connectivity index (χ1n) is 4.12. The van der Waals surface area contributed by atoms with Gasteiger partial charge in [0.15, 0.2) is 0 Å². The SMILES string of the molecule is CCC(=O)C(F)(OC(F)(F)C(F)(F)F)C(F)(F)F. The molecular formula is C7H5F9O2. The fourth-order valence-corrected chi connectivity index (χ4v) is 0.735. The Bertz CT molecular complexity index is 318. The zero-order chi connectivity index (χ0) is 15.0. The molecule has 0 saturated heterocycles. The Morgan fingerprint density at radius 3 is 1.50 bits per heavy atom. The Morgan fingerprint density at radius 1 is 0.889 bits per heavy atom. The highest BCUT2D eigenvalue weighted by molar-refractivity contribution is 5.86. The number of ether oxygens (including phenoxy) is 1. The lowest BCUT2D eigenvalue weighted by Crippen LogP contribution is -2.57. The third kappa shape index (κ3) is 3.06. The summed E-state index contributed by atoms with van der Waals surface area (Å²) < 4.78 is 110. The van der Waals surface area contributed by atoms with E-state index in [1.54, 1.807) is 0 Å². The molecule has 0 aliphatic heterocycles. The summed E-state index contributed by atoms with van der Waals surface area (Å²) >= 11 is 0. The second-order valence-electron chi connectivity index (χ2n) is 2.99. The van der Waals surface area contributed by atoms with E-state index in [1.807, 2.05) is 0 Å². The maximum Gasteiger partial charge on any atom is 0.483 e. The van der Waals surface area contributed by atoms with Crippen molar-refractivity contribution < 1.29 is 49.0 Å². The molecule has 0 amide bonds. The van der Waals surface area contributed by atoms with Gasteiger partial charge >= 0.3 is 24.3 Å². The first kappa shape index (κ1) is 17.0. The van der Waals surface area contributed by atoms with Crippen LogP contribution in [0.5, 0.6) is 0 Å². The molecule has 0 aromatic carbocycles. The molecule has 0 fully saturated rings. The van der Waals surface area contributed by atoms with E-state index in [1.165, 1.54) is 0 Å². The van der Waals surface area contributed by atoms with Gasteiger partial charge in [0, 0.05) is 6.42 Å². The summed E-state index contributed by atoms with van der Waals surface area (Å²) in [6.07, 6.45) is -20.7. The Hall–Kier alpha value is -1.00. The highest BCUT2D eigenvalue weighted by Gasteiger charge is 2.72. The predicted octanol–water partition coefficient (Wildman–Crippen LogP) is 3.37. The summed E-state index contributed by atoms with van der Waals surface area (Å²) in [5.74, 6) is -8.32. The number of hydrogen-bond donors (Lipinski definition) is 0. The van der Waals surface area contributed by atoms with Crippen molar-refractivity contribution in [2.75, 3.05) is 0 Å². The number of hydrogen-bond acceptors (Lipinski definition) is 2. The predicted molar refractivity (Wildman–Crippen MR) is 37.3 cm³/mol. The molecule has 0 heterocycles. The molecule has 0 aliphatic carbocycles. The van der Waals surface area contributed by atoms with Crippen molar-refractivity contribution >= 4 is 5.78 Å². The zero-order valence-electron chi connectivity index (χ0n) is 8.43. The van der Waals surface area contributed by atoms with Gasteiger partial charge in [-0.1, -0.05) is 6.92 Å². The van der Waals surface area contributed by atoms with E-state index in [-0.39, 0.29) is 0 Å². The summed E-state index contributed by atoms with van der Waals surface area (Å²) in [4.78, 5) is 10.6. The molecular weight excluding hydrogens is 287 g/mol. The summed E-state index contributed by atoms with van der Waals surface area (Å²) in [5, 5.41) is 0. The van der Waals surface area contributed by atoms with Crippen LogP contribution in [0.1, 0.15) is 13.3 Å². The number of ketones is 1. The summed E-state index contributed by atoms with van der Waals surface area (Å²) in [5.41, 5.74) is 0. The average Bonchev–Trinajstić information content (AvgIpc) is 2.11. The molecule has 0 N–H and O–H groups in total. The van der Waals surface area contributed by atoms with E-state index in [2.05, 4.69) is 4.74 Å². The van der Waals surface area contributed by atoms with Crippen LogP contribution in [-0.4, -0.2) is 30.1 Å². The third-order valence-corrected chi connectivity index (χ3v) is 1.64. The molecule has 1 unspecified atom stereocenters. The second-order valence-corrected chi connectivity index (χ2v) is 2.99. The Kier molecular flexibility index (Phi) is 4.34. The molecule has 1 atom stereocenters. The van der Waals surface area contributed by atoms with Gasteiger partial charge in [-0.3, -0.25) is 9.53 Å². The molecule has 0 saturated carbocycles. The van der Waals surface area contributed by atoms with Gasteiger partial charge in [-0.05, 0) is 0 Å². The monoisotopic (exact) mass is 292 g/mol. The average molecular weight is 292 g/mol. The molecule has 11 heteroatoms. The van der Waals surface area contributed by atoms with E-state index >= 15 is 0 Å². The Balaban J connectivity index is 5.49. The lowest BCUT2D eigenvalue weighted by molar-refractivity contribution is -0.458.